The van der Waals surface area contributed by atoms with Gasteiger partial charge in [-0.2, -0.15) is 0 Å². The van der Waals surface area contributed by atoms with Gasteiger partial charge < -0.3 is 5.11 Å². The van der Waals surface area contributed by atoms with Crippen LogP contribution in [0.15, 0.2) is 18.2 Å². The van der Waals surface area contributed by atoms with E-state index in [-0.39, 0.29) is 0 Å². The van der Waals surface area contributed by atoms with Crippen LogP contribution < -0.4 is 0 Å². The van der Waals surface area contributed by atoms with Crippen molar-refractivity contribution in [3.05, 3.63) is 34.3 Å². The molecule has 0 aromatic heterocycles. The van der Waals surface area contributed by atoms with Gasteiger partial charge >= 0.3 is 0 Å². The second-order valence-corrected chi connectivity index (χ2v) is 4.94. The smallest absolute Gasteiger partial charge is 0.0916 e. The first-order valence-corrected chi connectivity index (χ1v) is 5.38. The van der Waals surface area contributed by atoms with Gasteiger partial charge in [-0.25, -0.2) is 0 Å². The number of halogens is 1. The molecule has 0 amide bonds. The minimum absolute atomic E-state index is 0.608. The minimum atomic E-state index is -0.664. The van der Waals surface area contributed by atoms with Gasteiger partial charge in [0.25, 0.3) is 0 Å². The molecule has 0 atom stereocenters. The number of hydrogen-bond acceptors (Lipinski definition) is 1. The summed E-state index contributed by atoms with van der Waals surface area (Å²) in [6.07, 6.45) is 1.66. The zero-order valence-corrected chi connectivity index (χ0v) is 9.30. The van der Waals surface area contributed by atoms with Crippen molar-refractivity contribution >= 4 is 11.6 Å². The van der Waals surface area contributed by atoms with Crippen LogP contribution in [0.25, 0.3) is 0 Å². The summed E-state index contributed by atoms with van der Waals surface area (Å²) in [6.45, 7) is 4.17. The summed E-state index contributed by atoms with van der Waals surface area (Å²) in [4.78, 5) is 0. The van der Waals surface area contributed by atoms with E-state index in [0.29, 0.717) is 10.9 Å². The minimum Gasteiger partial charge on any atom is -0.385 e. The Hall–Kier alpha value is -0.530. The van der Waals surface area contributed by atoms with Gasteiger partial charge in [0, 0.05) is 10.6 Å². The van der Waals surface area contributed by atoms with Gasteiger partial charge in [-0.1, -0.05) is 36.2 Å². The molecular weight excluding hydrogens is 196 g/mol. The van der Waals surface area contributed by atoms with Gasteiger partial charge in [-0.05, 0) is 31.7 Å². The lowest BCUT2D eigenvalue weighted by Crippen LogP contribution is -2.40. The number of hydrogen-bond donors (Lipinski definition) is 1. The molecule has 1 fully saturated rings. The molecule has 0 unspecified atom stereocenters. The molecule has 1 aromatic rings. The molecule has 1 nitrogen and oxygen atoms in total. The summed E-state index contributed by atoms with van der Waals surface area (Å²) in [5, 5.41) is 11.0. The Morgan fingerprint density at radius 1 is 1.43 bits per heavy atom. The zero-order chi connectivity index (χ0) is 10.3. The fourth-order valence-corrected chi connectivity index (χ4v) is 2.60. The quantitative estimate of drug-likeness (QED) is 0.755. The van der Waals surface area contributed by atoms with E-state index in [1.807, 2.05) is 25.1 Å². The summed E-state index contributed by atoms with van der Waals surface area (Å²) < 4.78 is 0. The monoisotopic (exact) mass is 210 g/mol. The Balaban J connectivity index is 2.36. The maximum Gasteiger partial charge on any atom is 0.0916 e. The van der Waals surface area contributed by atoms with E-state index < -0.39 is 5.60 Å². The molecule has 0 aliphatic heterocycles. The van der Waals surface area contributed by atoms with E-state index in [4.69, 9.17) is 11.6 Å². The normalized spacial score (nSPS) is 31.3. The van der Waals surface area contributed by atoms with E-state index in [1.165, 1.54) is 0 Å². The highest BCUT2D eigenvalue weighted by molar-refractivity contribution is 6.31. The average Bonchev–Trinajstić information content (AvgIpc) is 2.07. The highest BCUT2D eigenvalue weighted by Crippen LogP contribution is 2.47. The highest BCUT2D eigenvalue weighted by atomic mass is 35.5. The van der Waals surface area contributed by atoms with E-state index in [2.05, 4.69) is 6.92 Å². The Morgan fingerprint density at radius 3 is 2.64 bits per heavy atom. The Labute approximate surface area is 89.7 Å². The molecule has 76 valence electrons. The first kappa shape index (κ1) is 10.0. The number of aliphatic hydroxyl groups is 1. The van der Waals surface area contributed by atoms with Crippen LogP contribution in [-0.2, 0) is 5.60 Å². The summed E-state index contributed by atoms with van der Waals surface area (Å²) in [5.41, 5.74) is 1.39. The van der Waals surface area contributed by atoms with E-state index in [0.717, 1.165) is 24.0 Å². The van der Waals surface area contributed by atoms with E-state index in [1.54, 1.807) is 0 Å². The lowest BCUT2D eigenvalue weighted by atomic mass is 9.68. The molecule has 0 heterocycles. The molecule has 2 rings (SSSR count). The van der Waals surface area contributed by atoms with Crippen molar-refractivity contribution in [1.82, 2.24) is 0 Å². The van der Waals surface area contributed by atoms with Crippen LogP contribution in [0.3, 0.4) is 0 Å². The molecule has 1 saturated carbocycles. The lowest BCUT2D eigenvalue weighted by Gasteiger charge is -2.43. The third kappa shape index (κ3) is 1.55. The van der Waals surface area contributed by atoms with Crippen LogP contribution in [-0.4, -0.2) is 5.11 Å². The summed E-state index contributed by atoms with van der Waals surface area (Å²) in [5.74, 6) is 0.608. The molecule has 0 saturated heterocycles. The molecule has 1 aliphatic carbocycles. The van der Waals surface area contributed by atoms with Crippen molar-refractivity contribution in [1.29, 1.82) is 0 Å². The Bertz CT molecular complexity index is 353. The predicted molar refractivity (Wildman–Crippen MR) is 58.5 cm³/mol. The van der Waals surface area contributed by atoms with Crippen molar-refractivity contribution in [2.75, 3.05) is 0 Å². The molecule has 0 spiro atoms. The van der Waals surface area contributed by atoms with Crippen molar-refractivity contribution in [2.24, 2.45) is 5.92 Å². The standard InChI is InChI=1S/C12H15ClO/c1-8-3-4-11(13)10(5-8)12(14)6-9(2)7-12/h3-5,9,14H,6-7H2,1-2H3. The molecule has 2 heteroatoms. The third-order valence-corrected chi connectivity index (χ3v) is 3.33. The van der Waals surface area contributed by atoms with Crippen molar-refractivity contribution in [3.63, 3.8) is 0 Å². The molecule has 1 aromatic carbocycles. The van der Waals surface area contributed by atoms with Crippen LogP contribution in [0.5, 0.6) is 0 Å². The molecule has 1 N–H and O–H groups in total. The summed E-state index contributed by atoms with van der Waals surface area (Å²) >= 11 is 6.08. The van der Waals surface area contributed by atoms with Crippen molar-refractivity contribution in [2.45, 2.75) is 32.3 Å². The van der Waals surface area contributed by atoms with Gasteiger partial charge in [-0.15, -0.1) is 0 Å². The maximum absolute atomic E-state index is 10.3. The summed E-state index contributed by atoms with van der Waals surface area (Å²) in [7, 11) is 0. The molecule has 0 bridgehead atoms. The SMILES string of the molecule is Cc1ccc(Cl)c(C2(O)CC(C)C2)c1. The van der Waals surface area contributed by atoms with Gasteiger partial charge in [0.1, 0.15) is 0 Å². The fourth-order valence-electron chi connectivity index (χ4n) is 2.31. The Morgan fingerprint density at radius 2 is 2.07 bits per heavy atom. The van der Waals surface area contributed by atoms with Crippen LogP contribution in [0, 0.1) is 12.8 Å². The number of aryl methyl sites for hydroxylation is 1. The van der Waals surface area contributed by atoms with Gasteiger partial charge in [-0.3, -0.25) is 0 Å². The van der Waals surface area contributed by atoms with Crippen LogP contribution >= 0.6 is 11.6 Å². The van der Waals surface area contributed by atoms with Gasteiger partial charge in [0.2, 0.25) is 0 Å². The molecular formula is C12H15ClO. The molecule has 0 radical (unpaired) electrons. The van der Waals surface area contributed by atoms with E-state index in [9.17, 15) is 5.11 Å². The van der Waals surface area contributed by atoms with Crippen molar-refractivity contribution in [3.8, 4) is 0 Å². The topological polar surface area (TPSA) is 20.2 Å². The molecule has 1 aliphatic rings. The second kappa shape index (κ2) is 3.25. The van der Waals surface area contributed by atoms with Crippen molar-refractivity contribution < 1.29 is 5.11 Å². The third-order valence-electron chi connectivity index (χ3n) is 3.00. The van der Waals surface area contributed by atoms with Crippen LogP contribution in [0.4, 0.5) is 0 Å². The zero-order valence-electron chi connectivity index (χ0n) is 8.55. The first-order chi connectivity index (χ1) is 6.51. The lowest BCUT2D eigenvalue weighted by molar-refractivity contribution is -0.0737. The fraction of sp³-hybridized carbons (Fsp3) is 0.500. The van der Waals surface area contributed by atoms with E-state index >= 15 is 0 Å². The second-order valence-electron chi connectivity index (χ2n) is 4.53. The number of benzene rings is 1. The average molecular weight is 211 g/mol. The summed E-state index contributed by atoms with van der Waals surface area (Å²) in [6, 6.07) is 5.83. The van der Waals surface area contributed by atoms with Gasteiger partial charge in [0.05, 0.1) is 5.60 Å². The number of rotatable bonds is 1. The Kier molecular flexibility index (Phi) is 2.32. The van der Waals surface area contributed by atoms with Crippen LogP contribution in [0.2, 0.25) is 5.02 Å². The maximum atomic E-state index is 10.3. The highest BCUT2D eigenvalue weighted by Gasteiger charge is 2.42. The van der Waals surface area contributed by atoms with Crippen LogP contribution in [0.1, 0.15) is 30.9 Å². The molecule has 14 heavy (non-hydrogen) atoms. The first-order valence-electron chi connectivity index (χ1n) is 5.00. The predicted octanol–water partition coefficient (Wildman–Crippen LogP) is 3.27. The largest absolute Gasteiger partial charge is 0.385 e. The van der Waals surface area contributed by atoms with Gasteiger partial charge in [0.15, 0.2) is 0 Å².